The highest BCUT2D eigenvalue weighted by atomic mass is 16.5. The van der Waals surface area contributed by atoms with Crippen molar-refractivity contribution >= 4 is 5.97 Å². The molecule has 1 heterocycles. The summed E-state index contributed by atoms with van der Waals surface area (Å²) in [5, 5.41) is 0. The third-order valence-corrected chi connectivity index (χ3v) is 5.82. The van der Waals surface area contributed by atoms with Gasteiger partial charge >= 0.3 is 5.97 Å². The number of rotatable bonds is 5. The molecule has 3 rings (SSSR count). The van der Waals surface area contributed by atoms with Crippen LogP contribution in [0, 0.1) is 0 Å². The van der Waals surface area contributed by atoms with Crippen molar-refractivity contribution in [1.82, 2.24) is 4.90 Å². The quantitative estimate of drug-likeness (QED) is 0.643. The fourth-order valence-electron chi connectivity index (χ4n) is 4.35. The molecule has 3 nitrogen and oxygen atoms in total. The zero-order valence-corrected chi connectivity index (χ0v) is 16.9. The van der Waals surface area contributed by atoms with Gasteiger partial charge in [-0.05, 0) is 64.7 Å². The molecule has 1 aliphatic heterocycles. The molecule has 144 valence electrons. The highest BCUT2D eigenvalue weighted by Crippen LogP contribution is 2.40. The fourth-order valence-corrected chi connectivity index (χ4v) is 4.35. The smallest absolute Gasteiger partial charge is 0.338 e. The molecule has 0 aromatic heterocycles. The van der Waals surface area contributed by atoms with E-state index in [9.17, 15) is 4.79 Å². The number of piperidine rings is 1. The molecule has 2 aromatic rings. The molecule has 0 bridgehead atoms. The Bertz CT molecular complexity index is 736. The van der Waals surface area contributed by atoms with Gasteiger partial charge in [-0.2, -0.15) is 0 Å². The van der Waals surface area contributed by atoms with Crippen LogP contribution in [0.5, 0.6) is 0 Å². The minimum Gasteiger partial charge on any atom is -0.453 e. The summed E-state index contributed by atoms with van der Waals surface area (Å²) in [4.78, 5) is 15.3. The zero-order chi connectivity index (χ0) is 19.5. The highest BCUT2D eigenvalue weighted by Gasteiger charge is 2.42. The third-order valence-electron chi connectivity index (χ3n) is 5.82. The first kappa shape index (κ1) is 19.6. The number of likely N-dealkylation sites (tertiary alicyclic amines) is 1. The molecule has 1 fully saturated rings. The molecule has 1 aliphatic rings. The molecule has 0 amide bonds. The monoisotopic (exact) mass is 365 g/mol. The van der Waals surface area contributed by atoms with Gasteiger partial charge in [0.05, 0.1) is 5.56 Å². The van der Waals surface area contributed by atoms with Crippen molar-refractivity contribution in [2.75, 3.05) is 6.54 Å². The standard InChI is InChI=1S/C24H31NO2/c1-23(2)16-11-17-24(3,4)25(23)18-21(19-12-7-5-8-13-19)27-22(26)20-14-9-6-10-15-20/h5-10,12-15,21H,11,16-18H2,1-4H3. The van der Waals surface area contributed by atoms with Crippen molar-refractivity contribution in [3.63, 3.8) is 0 Å². The summed E-state index contributed by atoms with van der Waals surface area (Å²) in [5.74, 6) is -0.267. The summed E-state index contributed by atoms with van der Waals surface area (Å²) in [6, 6.07) is 19.4. The number of carbonyl (C=O) groups excluding carboxylic acids is 1. The lowest BCUT2D eigenvalue weighted by molar-refractivity contribution is -0.0610. The molecule has 0 saturated carbocycles. The van der Waals surface area contributed by atoms with E-state index < -0.39 is 0 Å². The second-order valence-corrected chi connectivity index (χ2v) is 8.76. The lowest BCUT2D eigenvalue weighted by Gasteiger charge is -2.53. The van der Waals surface area contributed by atoms with Gasteiger partial charge in [-0.1, -0.05) is 48.5 Å². The number of carbonyl (C=O) groups is 1. The molecule has 0 radical (unpaired) electrons. The Morgan fingerprint density at radius 1 is 0.926 bits per heavy atom. The Morgan fingerprint density at radius 2 is 1.44 bits per heavy atom. The maximum Gasteiger partial charge on any atom is 0.338 e. The predicted molar refractivity (Wildman–Crippen MR) is 110 cm³/mol. The van der Waals surface area contributed by atoms with Crippen molar-refractivity contribution in [2.45, 2.75) is 64.1 Å². The maximum absolute atomic E-state index is 12.8. The Kier molecular flexibility index (Phi) is 5.71. The summed E-state index contributed by atoms with van der Waals surface area (Å²) < 4.78 is 6.03. The molecular formula is C24H31NO2. The molecule has 1 atom stereocenters. The summed E-state index contributed by atoms with van der Waals surface area (Å²) in [6.07, 6.45) is 3.25. The van der Waals surface area contributed by atoms with Gasteiger partial charge in [-0.25, -0.2) is 4.79 Å². The number of esters is 1. The molecule has 27 heavy (non-hydrogen) atoms. The highest BCUT2D eigenvalue weighted by molar-refractivity contribution is 5.89. The number of benzene rings is 2. The first-order chi connectivity index (χ1) is 12.8. The van der Waals surface area contributed by atoms with Crippen LogP contribution in [0.1, 0.15) is 69.0 Å². The van der Waals surface area contributed by atoms with Crippen molar-refractivity contribution < 1.29 is 9.53 Å². The molecule has 0 spiro atoms. The molecule has 2 aromatic carbocycles. The van der Waals surface area contributed by atoms with Crippen molar-refractivity contribution in [2.24, 2.45) is 0 Å². The summed E-state index contributed by atoms with van der Waals surface area (Å²) >= 11 is 0. The second-order valence-electron chi connectivity index (χ2n) is 8.76. The van der Waals surface area contributed by atoms with Gasteiger partial charge in [0.15, 0.2) is 0 Å². The Morgan fingerprint density at radius 3 is 2.00 bits per heavy atom. The van der Waals surface area contributed by atoms with Gasteiger partial charge in [-0.15, -0.1) is 0 Å². The topological polar surface area (TPSA) is 29.5 Å². The minimum atomic E-state index is -0.296. The SMILES string of the molecule is CC1(C)CCCC(C)(C)N1CC(OC(=O)c1ccccc1)c1ccccc1. The average Bonchev–Trinajstić information content (AvgIpc) is 2.64. The minimum absolute atomic E-state index is 0.0773. The van der Waals surface area contributed by atoms with Crippen LogP contribution in [-0.2, 0) is 4.74 Å². The van der Waals surface area contributed by atoms with Crippen LogP contribution < -0.4 is 0 Å². The number of hydrogen-bond acceptors (Lipinski definition) is 3. The van der Waals surface area contributed by atoms with Gasteiger partial charge in [0.2, 0.25) is 0 Å². The van der Waals surface area contributed by atoms with E-state index in [-0.39, 0.29) is 23.2 Å². The first-order valence-electron chi connectivity index (χ1n) is 9.88. The van der Waals surface area contributed by atoms with E-state index in [0.717, 1.165) is 18.4 Å². The van der Waals surface area contributed by atoms with Gasteiger partial charge < -0.3 is 4.74 Å². The summed E-state index contributed by atoms with van der Waals surface area (Å²) in [5.41, 5.74) is 1.79. The van der Waals surface area contributed by atoms with Gasteiger partial charge in [-0.3, -0.25) is 4.90 Å². The van der Waals surface area contributed by atoms with E-state index >= 15 is 0 Å². The van der Waals surface area contributed by atoms with Crippen molar-refractivity contribution in [3.05, 3.63) is 71.8 Å². The Balaban J connectivity index is 1.87. The van der Waals surface area contributed by atoms with E-state index in [4.69, 9.17) is 4.74 Å². The number of nitrogens with zero attached hydrogens (tertiary/aromatic N) is 1. The van der Waals surface area contributed by atoms with Gasteiger partial charge in [0.1, 0.15) is 6.10 Å². The Hall–Kier alpha value is -2.13. The molecular weight excluding hydrogens is 334 g/mol. The van der Waals surface area contributed by atoms with Crippen LogP contribution in [0.2, 0.25) is 0 Å². The van der Waals surface area contributed by atoms with Crippen LogP contribution in [0.15, 0.2) is 60.7 Å². The maximum atomic E-state index is 12.8. The molecule has 0 aliphatic carbocycles. The molecule has 3 heteroatoms. The third kappa shape index (κ3) is 4.59. The molecule has 1 unspecified atom stereocenters. The van der Waals surface area contributed by atoms with Crippen LogP contribution >= 0.6 is 0 Å². The second kappa shape index (κ2) is 7.85. The average molecular weight is 366 g/mol. The summed E-state index contributed by atoms with van der Waals surface area (Å²) in [7, 11) is 0. The number of ether oxygens (including phenoxy) is 1. The zero-order valence-electron chi connectivity index (χ0n) is 16.9. The normalized spacial score (nSPS) is 20.0. The van der Waals surface area contributed by atoms with E-state index in [1.807, 2.05) is 48.5 Å². The fraction of sp³-hybridized carbons (Fsp3) is 0.458. The van der Waals surface area contributed by atoms with Crippen LogP contribution in [0.4, 0.5) is 0 Å². The van der Waals surface area contributed by atoms with E-state index in [2.05, 4.69) is 32.6 Å². The first-order valence-corrected chi connectivity index (χ1v) is 9.88. The van der Waals surface area contributed by atoms with Crippen molar-refractivity contribution in [3.8, 4) is 0 Å². The Labute approximate surface area is 163 Å². The summed E-state index contributed by atoms with van der Waals surface area (Å²) in [6.45, 7) is 9.90. The molecule has 1 saturated heterocycles. The van der Waals surface area contributed by atoms with E-state index in [0.29, 0.717) is 12.1 Å². The van der Waals surface area contributed by atoms with Crippen LogP contribution in [-0.4, -0.2) is 28.5 Å². The largest absolute Gasteiger partial charge is 0.453 e. The van der Waals surface area contributed by atoms with E-state index in [1.165, 1.54) is 6.42 Å². The van der Waals surface area contributed by atoms with Gasteiger partial charge in [0.25, 0.3) is 0 Å². The van der Waals surface area contributed by atoms with Crippen LogP contribution in [0.3, 0.4) is 0 Å². The molecule has 0 N–H and O–H groups in total. The lowest BCUT2D eigenvalue weighted by Crippen LogP contribution is -2.59. The van der Waals surface area contributed by atoms with Crippen LogP contribution in [0.25, 0.3) is 0 Å². The van der Waals surface area contributed by atoms with E-state index in [1.54, 1.807) is 12.1 Å². The predicted octanol–water partition coefficient (Wildman–Crippen LogP) is 5.63. The lowest BCUT2D eigenvalue weighted by atomic mass is 9.79. The van der Waals surface area contributed by atoms with Gasteiger partial charge in [0, 0.05) is 17.6 Å². The number of hydrogen-bond donors (Lipinski definition) is 0. The van der Waals surface area contributed by atoms with Crippen molar-refractivity contribution in [1.29, 1.82) is 0 Å².